The Morgan fingerprint density at radius 1 is 1.55 bits per heavy atom. The van der Waals surface area contributed by atoms with Crippen LogP contribution in [-0.4, -0.2) is 27.5 Å². The number of carbonyl (C=O) groups excluding carboxylic acids is 1. The maximum absolute atomic E-state index is 12.1. The Balaban J connectivity index is 1.97. The van der Waals surface area contributed by atoms with Crippen LogP contribution in [0.4, 0.5) is 0 Å². The van der Waals surface area contributed by atoms with Crippen LogP contribution in [0.3, 0.4) is 0 Å². The van der Waals surface area contributed by atoms with Crippen LogP contribution in [0.15, 0.2) is 22.6 Å². The van der Waals surface area contributed by atoms with Crippen LogP contribution in [0, 0.1) is 0 Å². The van der Waals surface area contributed by atoms with E-state index in [1.807, 2.05) is 19.2 Å². The van der Waals surface area contributed by atoms with E-state index in [2.05, 4.69) is 10.3 Å². The summed E-state index contributed by atoms with van der Waals surface area (Å²) in [7, 11) is 0. The van der Waals surface area contributed by atoms with Crippen molar-refractivity contribution in [3.05, 3.63) is 28.1 Å². The molecule has 0 aliphatic heterocycles. The minimum atomic E-state index is -0.441. The van der Waals surface area contributed by atoms with E-state index in [9.17, 15) is 9.59 Å². The van der Waals surface area contributed by atoms with E-state index in [-0.39, 0.29) is 17.9 Å². The summed E-state index contributed by atoms with van der Waals surface area (Å²) in [4.78, 5) is 28.7. The van der Waals surface area contributed by atoms with Gasteiger partial charge >= 0.3 is 0 Å². The van der Waals surface area contributed by atoms with Crippen LogP contribution in [0.25, 0.3) is 10.2 Å². The average molecular weight is 294 g/mol. The molecule has 0 saturated carbocycles. The van der Waals surface area contributed by atoms with Crippen molar-refractivity contribution in [1.29, 1.82) is 0 Å². The predicted octanol–water partition coefficient (Wildman–Crippen LogP) is 0.702. The second-order valence-electron chi connectivity index (χ2n) is 5.40. The molecule has 0 aromatic carbocycles. The molecular formula is C13H18N4O2S. The number of carbonyl (C=O) groups is 1. The minimum absolute atomic E-state index is 0.108. The van der Waals surface area contributed by atoms with Crippen molar-refractivity contribution < 1.29 is 4.79 Å². The molecule has 0 atom stereocenters. The first-order chi connectivity index (χ1) is 9.37. The van der Waals surface area contributed by atoms with Crippen molar-refractivity contribution in [2.45, 2.75) is 32.4 Å². The monoisotopic (exact) mass is 294 g/mol. The van der Waals surface area contributed by atoms with Crippen LogP contribution < -0.4 is 16.6 Å². The molecule has 1 amide bonds. The molecule has 2 heterocycles. The minimum Gasteiger partial charge on any atom is -0.354 e. The molecule has 0 aliphatic carbocycles. The highest BCUT2D eigenvalue weighted by molar-refractivity contribution is 7.16. The van der Waals surface area contributed by atoms with E-state index in [4.69, 9.17) is 5.73 Å². The summed E-state index contributed by atoms with van der Waals surface area (Å²) in [5.41, 5.74) is 5.24. The summed E-state index contributed by atoms with van der Waals surface area (Å²) in [6, 6.07) is 1.75. The van der Waals surface area contributed by atoms with Gasteiger partial charge in [-0.15, -0.1) is 11.3 Å². The summed E-state index contributed by atoms with van der Waals surface area (Å²) in [6.07, 6.45) is 1.72. The van der Waals surface area contributed by atoms with Crippen LogP contribution in [0.2, 0.25) is 0 Å². The molecule has 0 fully saturated rings. The summed E-state index contributed by atoms with van der Waals surface area (Å²) in [5.74, 6) is -0.124. The zero-order chi connectivity index (χ0) is 14.8. The van der Waals surface area contributed by atoms with Crippen molar-refractivity contribution in [3.63, 3.8) is 0 Å². The van der Waals surface area contributed by atoms with Crippen LogP contribution in [0.1, 0.15) is 20.3 Å². The highest BCUT2D eigenvalue weighted by Gasteiger charge is 2.12. The molecule has 0 saturated heterocycles. The third-order valence-electron chi connectivity index (χ3n) is 2.77. The van der Waals surface area contributed by atoms with E-state index in [0.717, 1.165) is 4.83 Å². The number of nitrogens with one attached hydrogen (secondary N) is 1. The van der Waals surface area contributed by atoms with Gasteiger partial charge in [-0.05, 0) is 25.3 Å². The molecular weight excluding hydrogens is 276 g/mol. The van der Waals surface area contributed by atoms with Crippen LogP contribution in [0.5, 0.6) is 0 Å². The number of thiophene rings is 1. The molecule has 0 aliphatic rings. The summed E-state index contributed by atoms with van der Waals surface area (Å²) >= 11 is 1.43. The molecule has 20 heavy (non-hydrogen) atoms. The van der Waals surface area contributed by atoms with E-state index < -0.39 is 5.54 Å². The fourth-order valence-corrected chi connectivity index (χ4v) is 2.41. The van der Waals surface area contributed by atoms with Gasteiger partial charge in [0.25, 0.3) is 5.56 Å². The molecule has 0 unspecified atom stereocenters. The number of aryl methyl sites for hydroxylation is 1. The van der Waals surface area contributed by atoms with E-state index >= 15 is 0 Å². The lowest BCUT2D eigenvalue weighted by atomic mass is 10.1. The Bertz CT molecular complexity index is 669. The molecule has 6 nitrogen and oxygen atoms in total. The number of nitrogens with zero attached hydrogens (tertiary/aromatic N) is 2. The molecule has 2 aromatic rings. The molecule has 0 radical (unpaired) electrons. The first-order valence-electron chi connectivity index (χ1n) is 6.35. The van der Waals surface area contributed by atoms with E-state index in [0.29, 0.717) is 18.5 Å². The first-order valence-corrected chi connectivity index (χ1v) is 7.23. The van der Waals surface area contributed by atoms with Crippen molar-refractivity contribution >= 4 is 27.5 Å². The fraction of sp³-hybridized carbons (Fsp3) is 0.462. The van der Waals surface area contributed by atoms with E-state index in [1.165, 1.54) is 22.2 Å². The molecule has 2 aromatic heterocycles. The van der Waals surface area contributed by atoms with Crippen molar-refractivity contribution in [1.82, 2.24) is 14.9 Å². The molecule has 3 N–H and O–H groups in total. The first kappa shape index (κ1) is 14.7. The van der Waals surface area contributed by atoms with Gasteiger partial charge in [0.15, 0.2) is 0 Å². The number of aromatic nitrogens is 2. The summed E-state index contributed by atoms with van der Waals surface area (Å²) in [6.45, 7) is 4.40. The van der Waals surface area contributed by atoms with Crippen molar-refractivity contribution in [3.8, 4) is 0 Å². The second kappa shape index (κ2) is 5.72. The smallest absolute Gasteiger partial charge is 0.262 e. The SMILES string of the molecule is CC(C)(N)CNC(=O)CCn1cnc2sccc2c1=O. The Hall–Kier alpha value is -1.73. The largest absolute Gasteiger partial charge is 0.354 e. The third-order valence-corrected chi connectivity index (χ3v) is 3.59. The molecule has 7 heteroatoms. The van der Waals surface area contributed by atoms with Crippen LogP contribution in [-0.2, 0) is 11.3 Å². The van der Waals surface area contributed by atoms with Gasteiger partial charge in [-0.3, -0.25) is 14.2 Å². The Labute approximate surface area is 120 Å². The number of rotatable bonds is 5. The van der Waals surface area contributed by atoms with E-state index in [1.54, 1.807) is 6.07 Å². The number of fused-ring (bicyclic) bond motifs is 1. The van der Waals surface area contributed by atoms with Gasteiger partial charge in [0, 0.05) is 25.0 Å². The van der Waals surface area contributed by atoms with Gasteiger partial charge in [-0.25, -0.2) is 4.98 Å². The van der Waals surface area contributed by atoms with Crippen molar-refractivity contribution in [2.75, 3.05) is 6.54 Å². The molecule has 0 spiro atoms. The molecule has 108 valence electrons. The lowest BCUT2D eigenvalue weighted by Crippen LogP contribution is -2.45. The number of amides is 1. The average Bonchev–Trinajstić information content (AvgIpc) is 2.84. The summed E-state index contributed by atoms with van der Waals surface area (Å²) in [5, 5.41) is 5.18. The maximum Gasteiger partial charge on any atom is 0.262 e. The zero-order valence-corrected chi connectivity index (χ0v) is 12.4. The summed E-state index contributed by atoms with van der Waals surface area (Å²) < 4.78 is 1.46. The maximum atomic E-state index is 12.1. The van der Waals surface area contributed by atoms with Gasteiger partial charge in [0.2, 0.25) is 5.91 Å². The second-order valence-corrected chi connectivity index (χ2v) is 6.29. The van der Waals surface area contributed by atoms with Gasteiger partial charge < -0.3 is 11.1 Å². The van der Waals surface area contributed by atoms with Crippen LogP contribution >= 0.6 is 11.3 Å². The van der Waals surface area contributed by atoms with Crippen molar-refractivity contribution in [2.24, 2.45) is 5.73 Å². The third kappa shape index (κ3) is 3.64. The highest BCUT2D eigenvalue weighted by Crippen LogP contribution is 2.13. The molecule has 0 bridgehead atoms. The lowest BCUT2D eigenvalue weighted by Gasteiger charge is -2.18. The molecule has 2 rings (SSSR count). The Kier molecular flexibility index (Phi) is 4.20. The number of nitrogens with two attached hydrogens (primary N) is 1. The Morgan fingerprint density at radius 2 is 2.30 bits per heavy atom. The zero-order valence-electron chi connectivity index (χ0n) is 11.5. The lowest BCUT2D eigenvalue weighted by molar-refractivity contribution is -0.121. The van der Waals surface area contributed by atoms with Gasteiger partial charge in [0.05, 0.1) is 11.7 Å². The van der Waals surface area contributed by atoms with Gasteiger partial charge in [0.1, 0.15) is 4.83 Å². The fourth-order valence-electron chi connectivity index (χ4n) is 1.69. The number of hydrogen-bond donors (Lipinski definition) is 2. The quantitative estimate of drug-likeness (QED) is 0.849. The topological polar surface area (TPSA) is 90.0 Å². The predicted molar refractivity (Wildman–Crippen MR) is 79.8 cm³/mol. The van der Waals surface area contributed by atoms with Gasteiger partial charge in [-0.1, -0.05) is 0 Å². The Morgan fingerprint density at radius 3 is 3.00 bits per heavy atom. The number of hydrogen-bond acceptors (Lipinski definition) is 5. The highest BCUT2D eigenvalue weighted by atomic mass is 32.1. The van der Waals surface area contributed by atoms with Gasteiger partial charge in [-0.2, -0.15) is 0 Å². The normalized spacial score (nSPS) is 11.8. The standard InChI is InChI=1S/C13H18N4O2S/c1-13(2,14)7-15-10(18)3-5-17-8-16-11-9(12(17)19)4-6-20-11/h4,6,8H,3,5,7,14H2,1-2H3,(H,15,18).